The molecule has 6 heteroatoms. The van der Waals surface area contributed by atoms with Crippen molar-refractivity contribution in [3.63, 3.8) is 0 Å². The molecule has 5 rings (SSSR count). The summed E-state index contributed by atoms with van der Waals surface area (Å²) in [5.74, 6) is 0.374. The van der Waals surface area contributed by atoms with Crippen molar-refractivity contribution in [2.45, 2.75) is 6.92 Å². The minimum absolute atomic E-state index is 0.223. The van der Waals surface area contributed by atoms with Crippen LogP contribution in [-0.4, -0.2) is 20.7 Å². The molecule has 152 valence electrons. The van der Waals surface area contributed by atoms with Gasteiger partial charge in [0.25, 0.3) is 5.91 Å². The second-order valence-corrected chi connectivity index (χ2v) is 7.31. The number of fused-ring (bicyclic) bond motifs is 1. The first-order valence-corrected chi connectivity index (χ1v) is 9.96. The van der Waals surface area contributed by atoms with Crippen LogP contribution in [0.5, 0.6) is 0 Å². The lowest BCUT2D eigenvalue weighted by Gasteiger charge is -2.12. The minimum Gasteiger partial charge on any atom is -0.463 e. The highest BCUT2D eigenvalue weighted by Gasteiger charge is 2.21. The predicted octanol–water partition coefficient (Wildman–Crippen LogP) is 5.46. The van der Waals surface area contributed by atoms with E-state index in [2.05, 4.69) is 15.4 Å². The molecule has 1 amide bonds. The van der Waals surface area contributed by atoms with Crippen molar-refractivity contribution < 1.29 is 9.21 Å². The monoisotopic (exact) mass is 408 g/mol. The summed E-state index contributed by atoms with van der Waals surface area (Å²) in [6.07, 6.45) is 1.59. The van der Waals surface area contributed by atoms with E-state index in [1.54, 1.807) is 23.1 Å². The van der Waals surface area contributed by atoms with Crippen molar-refractivity contribution in [3.8, 4) is 22.6 Å². The van der Waals surface area contributed by atoms with Crippen LogP contribution in [0.15, 0.2) is 83.5 Å². The lowest BCUT2D eigenvalue weighted by Crippen LogP contribution is -2.14. The normalized spacial score (nSPS) is 11.0. The number of amides is 1. The van der Waals surface area contributed by atoms with Gasteiger partial charge < -0.3 is 9.73 Å². The van der Waals surface area contributed by atoms with E-state index in [1.165, 1.54) is 0 Å². The first-order chi connectivity index (χ1) is 15.1. The van der Waals surface area contributed by atoms with Crippen LogP contribution in [0.1, 0.15) is 16.1 Å². The Morgan fingerprint density at radius 3 is 2.55 bits per heavy atom. The number of carbonyl (C=O) groups is 1. The minimum atomic E-state index is -0.223. The fourth-order valence-electron chi connectivity index (χ4n) is 3.83. The Morgan fingerprint density at radius 2 is 1.77 bits per heavy atom. The van der Waals surface area contributed by atoms with E-state index < -0.39 is 0 Å². The molecule has 31 heavy (non-hydrogen) atoms. The summed E-state index contributed by atoms with van der Waals surface area (Å²) in [5, 5.41) is 8.29. The van der Waals surface area contributed by atoms with Crippen molar-refractivity contribution in [3.05, 3.63) is 90.3 Å². The highest BCUT2D eigenvalue weighted by atomic mass is 16.3. The Kier molecular flexibility index (Phi) is 4.59. The first kappa shape index (κ1) is 18.8. The molecule has 0 atom stereocenters. The van der Waals surface area contributed by atoms with Crippen molar-refractivity contribution in [2.75, 3.05) is 5.32 Å². The second-order valence-electron chi connectivity index (χ2n) is 7.31. The highest BCUT2D eigenvalue weighted by molar-refractivity contribution is 6.14. The Hall–Kier alpha value is -4.19. The summed E-state index contributed by atoms with van der Waals surface area (Å²) in [6.45, 7) is 1.88. The van der Waals surface area contributed by atoms with Gasteiger partial charge in [0.15, 0.2) is 11.4 Å². The molecular formula is C25H20N4O2. The summed E-state index contributed by atoms with van der Waals surface area (Å²) in [7, 11) is 1.82. The maximum atomic E-state index is 13.5. The number of rotatable bonds is 4. The van der Waals surface area contributed by atoms with E-state index in [1.807, 2.05) is 74.6 Å². The number of carbonyl (C=O) groups excluding carboxylic acids is 1. The van der Waals surface area contributed by atoms with Crippen molar-refractivity contribution in [1.82, 2.24) is 14.8 Å². The second kappa shape index (κ2) is 7.57. The fourth-order valence-corrected chi connectivity index (χ4v) is 3.83. The third-order valence-electron chi connectivity index (χ3n) is 5.25. The van der Waals surface area contributed by atoms with E-state index in [0.29, 0.717) is 22.7 Å². The van der Waals surface area contributed by atoms with E-state index in [9.17, 15) is 4.79 Å². The fraction of sp³-hybridized carbons (Fsp3) is 0.0800. The molecule has 2 aromatic carbocycles. The molecule has 0 saturated heterocycles. The van der Waals surface area contributed by atoms with Crippen LogP contribution in [0, 0.1) is 6.92 Å². The number of hydrogen-bond donors (Lipinski definition) is 1. The number of aromatic nitrogens is 3. The van der Waals surface area contributed by atoms with Crippen LogP contribution in [0.2, 0.25) is 0 Å². The number of nitrogens with zero attached hydrogens (tertiary/aromatic N) is 3. The van der Waals surface area contributed by atoms with E-state index in [4.69, 9.17) is 4.42 Å². The standard InChI is InChI=1S/C25H20N4O2/c1-16-23-19(15-21(22-13-8-14-31-22)26-24(23)29(2)28-16)25(30)27-20-12-7-6-11-18(20)17-9-4-3-5-10-17/h3-15H,1-2H3,(H,27,30). The quantitative estimate of drug-likeness (QED) is 0.429. The average molecular weight is 408 g/mol. The Balaban J connectivity index is 1.62. The molecule has 3 heterocycles. The van der Waals surface area contributed by atoms with Crippen LogP contribution >= 0.6 is 0 Å². The molecule has 0 radical (unpaired) electrons. The van der Waals surface area contributed by atoms with Crippen LogP contribution in [0.25, 0.3) is 33.6 Å². The molecular weight excluding hydrogens is 388 g/mol. The zero-order valence-corrected chi connectivity index (χ0v) is 17.2. The molecule has 0 fully saturated rings. The van der Waals surface area contributed by atoms with Crippen molar-refractivity contribution >= 4 is 22.6 Å². The zero-order chi connectivity index (χ0) is 21.4. The number of benzene rings is 2. The topological polar surface area (TPSA) is 73.0 Å². The summed E-state index contributed by atoms with van der Waals surface area (Å²) >= 11 is 0. The number of furan rings is 1. The van der Waals surface area contributed by atoms with Gasteiger partial charge in [-0.25, -0.2) is 4.98 Å². The van der Waals surface area contributed by atoms with Crippen LogP contribution in [-0.2, 0) is 7.05 Å². The molecule has 0 aliphatic rings. The van der Waals surface area contributed by atoms with Crippen LogP contribution in [0.3, 0.4) is 0 Å². The largest absolute Gasteiger partial charge is 0.463 e. The Labute approximate surface area is 179 Å². The smallest absolute Gasteiger partial charge is 0.256 e. The van der Waals surface area contributed by atoms with E-state index in [-0.39, 0.29) is 5.91 Å². The van der Waals surface area contributed by atoms with Gasteiger partial charge in [-0.2, -0.15) is 5.10 Å². The maximum Gasteiger partial charge on any atom is 0.256 e. The summed E-state index contributed by atoms with van der Waals surface area (Å²) in [6, 6.07) is 23.1. The number of pyridine rings is 1. The number of nitrogens with one attached hydrogen (secondary N) is 1. The van der Waals surface area contributed by atoms with Gasteiger partial charge in [0.2, 0.25) is 0 Å². The van der Waals surface area contributed by atoms with Gasteiger partial charge in [-0.3, -0.25) is 9.48 Å². The highest BCUT2D eigenvalue weighted by Crippen LogP contribution is 2.30. The van der Waals surface area contributed by atoms with Gasteiger partial charge in [-0.1, -0.05) is 48.5 Å². The average Bonchev–Trinajstić information content (AvgIpc) is 3.43. The summed E-state index contributed by atoms with van der Waals surface area (Å²) in [4.78, 5) is 18.2. The number of anilines is 1. The number of aryl methyl sites for hydroxylation is 2. The van der Waals surface area contributed by atoms with E-state index >= 15 is 0 Å². The van der Waals surface area contributed by atoms with Gasteiger partial charge >= 0.3 is 0 Å². The lowest BCUT2D eigenvalue weighted by atomic mass is 10.0. The van der Waals surface area contributed by atoms with Crippen molar-refractivity contribution in [2.24, 2.45) is 7.05 Å². The van der Waals surface area contributed by atoms with E-state index in [0.717, 1.165) is 27.9 Å². The van der Waals surface area contributed by atoms with Gasteiger partial charge in [0, 0.05) is 18.3 Å². The Morgan fingerprint density at radius 1 is 1.00 bits per heavy atom. The molecule has 0 aliphatic heterocycles. The number of hydrogen-bond acceptors (Lipinski definition) is 4. The van der Waals surface area contributed by atoms with Gasteiger partial charge in [0.05, 0.1) is 22.9 Å². The predicted molar refractivity (Wildman–Crippen MR) is 121 cm³/mol. The summed E-state index contributed by atoms with van der Waals surface area (Å²) < 4.78 is 7.21. The molecule has 0 spiro atoms. The third kappa shape index (κ3) is 3.38. The first-order valence-electron chi connectivity index (χ1n) is 9.96. The molecule has 0 aliphatic carbocycles. The third-order valence-corrected chi connectivity index (χ3v) is 5.25. The SMILES string of the molecule is Cc1nn(C)c2nc(-c3ccco3)cc(C(=O)Nc3ccccc3-c3ccccc3)c12. The maximum absolute atomic E-state index is 13.5. The van der Waals surface area contributed by atoms with Crippen LogP contribution < -0.4 is 5.32 Å². The Bertz CT molecular complexity index is 1390. The zero-order valence-electron chi connectivity index (χ0n) is 17.2. The van der Waals surface area contributed by atoms with Crippen LogP contribution in [0.4, 0.5) is 5.69 Å². The van der Waals surface area contributed by atoms with Crippen molar-refractivity contribution in [1.29, 1.82) is 0 Å². The molecule has 0 bridgehead atoms. The summed E-state index contributed by atoms with van der Waals surface area (Å²) in [5.41, 5.74) is 5.20. The van der Waals surface area contributed by atoms with Gasteiger partial charge in [-0.05, 0) is 36.8 Å². The van der Waals surface area contributed by atoms with Gasteiger partial charge in [-0.15, -0.1) is 0 Å². The molecule has 0 unspecified atom stereocenters. The molecule has 3 aromatic heterocycles. The molecule has 6 nitrogen and oxygen atoms in total. The molecule has 1 N–H and O–H groups in total. The molecule has 5 aromatic rings. The lowest BCUT2D eigenvalue weighted by molar-refractivity contribution is 0.102. The number of para-hydroxylation sites is 1. The van der Waals surface area contributed by atoms with Gasteiger partial charge in [0.1, 0.15) is 5.69 Å². The molecule has 0 saturated carbocycles.